The van der Waals surface area contributed by atoms with Crippen LogP contribution in [-0.2, 0) is 16.0 Å². The molecule has 4 aromatic rings. The van der Waals surface area contributed by atoms with E-state index in [-0.39, 0.29) is 0 Å². The average Bonchev–Trinajstić information content (AvgIpc) is 3.42. The Morgan fingerprint density at radius 1 is 0.667 bits per heavy atom. The average molecular weight is 435 g/mol. The van der Waals surface area contributed by atoms with Crippen molar-refractivity contribution in [2.75, 3.05) is 0 Å². The molecule has 2 N–H and O–H groups in total. The molecular formula is C25H22O3S2. The molecule has 5 heteroatoms. The summed E-state index contributed by atoms with van der Waals surface area (Å²) in [4.78, 5) is 15.3. The van der Waals surface area contributed by atoms with Crippen molar-refractivity contribution in [3.05, 3.63) is 116 Å². The monoisotopic (exact) mass is 434 g/mol. The normalized spacial score (nSPS) is 15.3. The van der Waals surface area contributed by atoms with E-state index in [4.69, 9.17) is 0 Å². The van der Waals surface area contributed by atoms with E-state index < -0.39 is 17.0 Å². The highest BCUT2D eigenvalue weighted by Crippen LogP contribution is 2.45. The molecule has 0 aliphatic carbocycles. The van der Waals surface area contributed by atoms with E-state index in [0.29, 0.717) is 20.9 Å². The Balaban J connectivity index is 2.02. The van der Waals surface area contributed by atoms with Gasteiger partial charge in [0.25, 0.3) is 0 Å². The lowest BCUT2D eigenvalue weighted by Crippen LogP contribution is -2.50. The van der Waals surface area contributed by atoms with Crippen LogP contribution >= 0.6 is 22.7 Å². The van der Waals surface area contributed by atoms with Crippen molar-refractivity contribution in [3.63, 3.8) is 0 Å². The second kappa shape index (κ2) is 7.93. The number of carbonyl (C=O) groups excluding carboxylic acids is 1. The van der Waals surface area contributed by atoms with Crippen LogP contribution < -0.4 is 0 Å². The smallest absolute Gasteiger partial charge is 0.215 e. The van der Waals surface area contributed by atoms with Crippen LogP contribution in [0.5, 0.6) is 0 Å². The summed E-state index contributed by atoms with van der Waals surface area (Å²) in [5.74, 6) is -0.677. The second-order valence-corrected chi connectivity index (χ2v) is 9.18. The van der Waals surface area contributed by atoms with Gasteiger partial charge in [0.05, 0.1) is 9.75 Å². The number of aryl methyl sites for hydroxylation is 2. The molecule has 0 saturated heterocycles. The van der Waals surface area contributed by atoms with Crippen molar-refractivity contribution in [2.45, 2.75) is 25.0 Å². The van der Waals surface area contributed by atoms with E-state index in [1.165, 1.54) is 22.7 Å². The quantitative estimate of drug-likeness (QED) is 0.440. The first-order chi connectivity index (χ1) is 14.4. The minimum Gasteiger partial charge on any atom is -0.372 e. The Morgan fingerprint density at radius 3 is 1.33 bits per heavy atom. The van der Waals surface area contributed by atoms with Crippen LogP contribution in [0, 0.1) is 13.8 Å². The third-order valence-corrected chi connectivity index (χ3v) is 7.67. The maximum Gasteiger partial charge on any atom is 0.215 e. The summed E-state index contributed by atoms with van der Waals surface area (Å²) >= 11 is 2.63. The molecule has 3 nitrogen and oxygen atoms in total. The molecule has 0 radical (unpaired) electrons. The maximum absolute atomic E-state index is 14.3. The fourth-order valence-corrected chi connectivity index (χ4v) is 5.92. The standard InChI is InChI=1S/C25H22O3S2/c1-17-13-15-29-21(17)24(27,19-9-5-3-6-10-19)23(26)25(28,20-11-7-4-8-12-20)22-18(2)14-16-30-22/h3-16,27-28H,1-2H3. The van der Waals surface area contributed by atoms with Gasteiger partial charge in [-0.2, -0.15) is 0 Å². The SMILES string of the molecule is Cc1ccsc1C(O)(C(=O)C(O)(c1ccccc1)c1sccc1C)c1ccccc1. The highest BCUT2D eigenvalue weighted by Gasteiger charge is 2.54. The molecule has 0 fully saturated rings. The molecule has 0 spiro atoms. The lowest BCUT2D eigenvalue weighted by molar-refractivity contribution is -0.150. The van der Waals surface area contributed by atoms with E-state index in [9.17, 15) is 15.0 Å². The van der Waals surface area contributed by atoms with Crippen molar-refractivity contribution in [2.24, 2.45) is 0 Å². The molecule has 0 aliphatic rings. The number of rotatable bonds is 6. The Bertz CT molecular complexity index is 1070. The first-order valence-corrected chi connectivity index (χ1v) is 11.4. The van der Waals surface area contributed by atoms with Gasteiger partial charge < -0.3 is 10.2 Å². The molecule has 0 bridgehead atoms. The summed E-state index contributed by atoms with van der Waals surface area (Å²) < 4.78 is 0. The van der Waals surface area contributed by atoms with E-state index >= 15 is 0 Å². The van der Waals surface area contributed by atoms with Gasteiger partial charge in [0.1, 0.15) is 0 Å². The second-order valence-electron chi connectivity index (χ2n) is 7.35. The highest BCUT2D eigenvalue weighted by molar-refractivity contribution is 7.11. The first kappa shape index (κ1) is 20.7. The molecule has 30 heavy (non-hydrogen) atoms. The predicted molar refractivity (Wildman–Crippen MR) is 122 cm³/mol. The van der Waals surface area contributed by atoms with Crippen LogP contribution in [0.1, 0.15) is 32.0 Å². The van der Waals surface area contributed by atoms with Gasteiger partial charge >= 0.3 is 0 Å². The fraction of sp³-hybridized carbons (Fsp3) is 0.160. The molecule has 2 heterocycles. The van der Waals surface area contributed by atoms with Gasteiger partial charge in [-0.25, -0.2) is 0 Å². The largest absolute Gasteiger partial charge is 0.372 e. The molecule has 2 atom stereocenters. The number of aliphatic hydroxyl groups is 2. The van der Waals surface area contributed by atoms with Gasteiger partial charge in [-0.05, 0) is 59.0 Å². The summed E-state index contributed by atoms with van der Waals surface area (Å²) in [5, 5.41) is 27.9. The van der Waals surface area contributed by atoms with Gasteiger partial charge in [0.15, 0.2) is 11.2 Å². The zero-order chi connectivity index (χ0) is 21.4. The number of ketones is 1. The van der Waals surface area contributed by atoms with E-state index in [0.717, 1.165) is 11.1 Å². The zero-order valence-electron chi connectivity index (χ0n) is 16.7. The minimum absolute atomic E-state index is 0.434. The topological polar surface area (TPSA) is 57.5 Å². The molecule has 2 unspecified atom stereocenters. The van der Waals surface area contributed by atoms with Crippen LogP contribution in [-0.4, -0.2) is 16.0 Å². The van der Waals surface area contributed by atoms with Gasteiger partial charge in [-0.1, -0.05) is 60.7 Å². The number of hydrogen-bond donors (Lipinski definition) is 2. The molecule has 0 saturated carbocycles. The van der Waals surface area contributed by atoms with Gasteiger partial charge in [0, 0.05) is 0 Å². The van der Waals surface area contributed by atoms with Crippen molar-refractivity contribution in [1.82, 2.24) is 0 Å². The minimum atomic E-state index is -2.00. The van der Waals surface area contributed by atoms with Crippen molar-refractivity contribution in [1.29, 1.82) is 0 Å². The van der Waals surface area contributed by atoms with E-state index in [1.54, 1.807) is 48.5 Å². The molecule has 0 amide bonds. The lowest BCUT2D eigenvalue weighted by Gasteiger charge is -2.36. The van der Waals surface area contributed by atoms with Crippen LogP contribution in [0.4, 0.5) is 0 Å². The molecule has 2 aromatic heterocycles. The number of hydrogen-bond acceptors (Lipinski definition) is 5. The van der Waals surface area contributed by atoms with Gasteiger partial charge in [0.2, 0.25) is 5.78 Å². The summed E-state index contributed by atoms with van der Waals surface area (Å²) in [6, 6.07) is 21.5. The lowest BCUT2D eigenvalue weighted by atomic mass is 9.74. The Labute approximate surface area is 183 Å². The third-order valence-electron chi connectivity index (χ3n) is 5.42. The van der Waals surface area contributed by atoms with Crippen molar-refractivity contribution >= 4 is 28.5 Å². The summed E-state index contributed by atoms with van der Waals surface area (Å²) in [7, 11) is 0. The maximum atomic E-state index is 14.3. The first-order valence-electron chi connectivity index (χ1n) is 9.60. The molecule has 0 aliphatic heterocycles. The van der Waals surface area contributed by atoms with Crippen molar-refractivity contribution in [3.8, 4) is 0 Å². The van der Waals surface area contributed by atoms with Gasteiger partial charge in [-0.15, -0.1) is 22.7 Å². The van der Waals surface area contributed by atoms with Crippen LogP contribution in [0.3, 0.4) is 0 Å². The number of Topliss-reactive ketones (excluding diaryl/α,β-unsaturated/α-hetero) is 1. The summed E-state index contributed by atoms with van der Waals surface area (Å²) in [5.41, 5.74) is -1.52. The molecule has 152 valence electrons. The number of carbonyl (C=O) groups is 1. The molecular weight excluding hydrogens is 412 g/mol. The number of benzene rings is 2. The summed E-state index contributed by atoms with van der Waals surface area (Å²) in [6.45, 7) is 3.73. The predicted octanol–water partition coefficient (Wildman–Crippen LogP) is 5.17. The van der Waals surface area contributed by atoms with E-state index in [2.05, 4.69) is 0 Å². The molecule has 4 rings (SSSR count). The van der Waals surface area contributed by atoms with Gasteiger partial charge in [-0.3, -0.25) is 4.79 Å². The van der Waals surface area contributed by atoms with Crippen LogP contribution in [0.2, 0.25) is 0 Å². The molecule has 2 aromatic carbocycles. The van der Waals surface area contributed by atoms with E-state index in [1.807, 2.05) is 48.9 Å². The Kier molecular flexibility index (Phi) is 5.47. The Hall–Kier alpha value is -2.57. The summed E-state index contributed by atoms with van der Waals surface area (Å²) in [6.07, 6.45) is 0. The van der Waals surface area contributed by atoms with Crippen molar-refractivity contribution < 1.29 is 15.0 Å². The highest BCUT2D eigenvalue weighted by atomic mass is 32.1. The zero-order valence-corrected chi connectivity index (χ0v) is 18.3. The Morgan fingerprint density at radius 2 is 1.03 bits per heavy atom. The fourth-order valence-electron chi connectivity index (χ4n) is 3.84. The number of thiophene rings is 2. The van der Waals surface area contributed by atoms with Crippen LogP contribution in [0.15, 0.2) is 83.6 Å². The third kappa shape index (κ3) is 3.15. The van der Waals surface area contributed by atoms with Crippen LogP contribution in [0.25, 0.3) is 0 Å².